The minimum Gasteiger partial charge on any atom is -0.296 e. The molecular weight excluding hydrogens is 314 g/mol. The number of rotatable bonds is 4. The number of hydrogen-bond acceptors (Lipinski definition) is 4. The lowest BCUT2D eigenvalue weighted by Gasteiger charge is -2.19. The van der Waals surface area contributed by atoms with Gasteiger partial charge in [0.2, 0.25) is 0 Å². The maximum absolute atomic E-state index is 5.76. The summed E-state index contributed by atoms with van der Waals surface area (Å²) in [5.74, 6) is 0.956. The molecule has 0 amide bonds. The van der Waals surface area contributed by atoms with E-state index in [2.05, 4.69) is 0 Å². The average molecular weight is 326 g/mol. The Hall–Kier alpha value is 1.00. The predicted molar refractivity (Wildman–Crippen MR) is 65.1 cm³/mol. The highest BCUT2D eigenvalue weighted by Gasteiger charge is 2.58. The molecule has 100 valence electrons. The van der Waals surface area contributed by atoms with Crippen molar-refractivity contribution >= 4 is 46.4 Å². The Kier molecular flexibility index (Phi) is 5.06. The van der Waals surface area contributed by atoms with Crippen LogP contribution in [0, 0.1) is 0 Å². The molecule has 0 saturated carbocycles. The predicted octanol–water partition coefficient (Wildman–Crippen LogP) is 2.12. The smallest absolute Gasteiger partial charge is 0.296 e. The molecule has 0 aromatic carbocycles. The Balaban J connectivity index is 2.07. The molecule has 2 fully saturated rings. The summed E-state index contributed by atoms with van der Waals surface area (Å²) in [5.41, 5.74) is 0. The number of halogens is 4. The van der Waals surface area contributed by atoms with Crippen molar-refractivity contribution in [3.8, 4) is 0 Å². The molecule has 17 heavy (non-hydrogen) atoms. The van der Waals surface area contributed by atoms with Crippen molar-refractivity contribution in [1.29, 1.82) is 0 Å². The molecule has 4 atom stereocenters. The van der Waals surface area contributed by atoms with Crippen molar-refractivity contribution in [3.05, 3.63) is 0 Å². The fourth-order valence-electron chi connectivity index (χ4n) is 1.74. The van der Waals surface area contributed by atoms with Crippen LogP contribution < -0.4 is 0 Å². The molecule has 0 aliphatic carbocycles. The van der Waals surface area contributed by atoms with Gasteiger partial charge in [-0.3, -0.25) is 18.9 Å². The van der Waals surface area contributed by atoms with E-state index in [0.29, 0.717) is 0 Å². The molecule has 0 bridgehead atoms. The van der Waals surface area contributed by atoms with Gasteiger partial charge in [-0.15, -0.1) is 46.4 Å². The number of ether oxygens (including phenoxy) is 4. The van der Waals surface area contributed by atoms with Gasteiger partial charge in [-0.2, -0.15) is 0 Å². The highest BCUT2D eigenvalue weighted by atomic mass is 35.5. The molecule has 0 N–H and O–H groups in total. The summed E-state index contributed by atoms with van der Waals surface area (Å²) in [4.78, 5) is 0. The Labute approximate surface area is 119 Å². The van der Waals surface area contributed by atoms with Crippen LogP contribution in [0.15, 0.2) is 0 Å². The second-order valence-electron chi connectivity index (χ2n) is 3.74. The van der Waals surface area contributed by atoms with Crippen molar-refractivity contribution in [2.75, 3.05) is 23.5 Å². The van der Waals surface area contributed by atoms with Gasteiger partial charge in [0.15, 0.2) is 0 Å². The van der Waals surface area contributed by atoms with Crippen LogP contribution in [0.25, 0.3) is 0 Å². The van der Waals surface area contributed by atoms with Gasteiger partial charge in [-0.05, 0) is 0 Å². The third kappa shape index (κ3) is 2.79. The molecule has 2 saturated heterocycles. The lowest BCUT2D eigenvalue weighted by atomic mass is 10.3. The Morgan fingerprint density at radius 2 is 0.824 bits per heavy atom. The third-order valence-corrected chi connectivity index (χ3v) is 3.84. The molecule has 0 aromatic heterocycles. The van der Waals surface area contributed by atoms with E-state index in [1.165, 1.54) is 0 Å². The van der Waals surface area contributed by atoms with E-state index < -0.39 is 6.16 Å². The van der Waals surface area contributed by atoms with Crippen LogP contribution in [0.5, 0.6) is 0 Å². The van der Waals surface area contributed by atoms with Gasteiger partial charge in [-0.1, -0.05) is 0 Å². The molecule has 2 rings (SSSR count). The number of alkyl halides is 4. The van der Waals surface area contributed by atoms with Gasteiger partial charge >= 0.3 is 6.16 Å². The van der Waals surface area contributed by atoms with Gasteiger partial charge in [0.1, 0.15) is 24.4 Å². The minimum atomic E-state index is -1.56. The summed E-state index contributed by atoms with van der Waals surface area (Å²) in [6.45, 7) is 0. The number of hydrogen-bond donors (Lipinski definition) is 0. The second-order valence-corrected chi connectivity index (χ2v) is 4.98. The normalized spacial score (nSPS) is 45.9. The topological polar surface area (TPSA) is 36.9 Å². The standard InChI is InChI=1S/C9H12Cl4O4/c10-1-5-6(2-11)15-9(14-5)16-7(3-12)8(4-13)17-9/h5-8H,1-4H2. The van der Waals surface area contributed by atoms with Crippen LogP contribution in [0.4, 0.5) is 0 Å². The summed E-state index contributed by atoms with van der Waals surface area (Å²) in [6.07, 6.45) is -3.06. The Bertz CT molecular complexity index is 214. The molecule has 2 heterocycles. The molecular formula is C9H12Cl4O4. The van der Waals surface area contributed by atoms with E-state index in [1.807, 2.05) is 0 Å². The summed E-state index contributed by atoms with van der Waals surface area (Å²) in [6, 6.07) is 0. The first-order valence-electron chi connectivity index (χ1n) is 5.13. The highest BCUT2D eigenvalue weighted by molar-refractivity contribution is 6.20. The van der Waals surface area contributed by atoms with Crippen molar-refractivity contribution in [2.24, 2.45) is 0 Å². The minimum absolute atomic E-state index is 0.239. The molecule has 0 radical (unpaired) electrons. The third-order valence-electron chi connectivity index (χ3n) is 2.62. The average Bonchev–Trinajstić information content (AvgIpc) is 2.89. The van der Waals surface area contributed by atoms with Crippen molar-refractivity contribution in [2.45, 2.75) is 30.6 Å². The van der Waals surface area contributed by atoms with Gasteiger partial charge in [0.25, 0.3) is 0 Å². The van der Waals surface area contributed by atoms with Gasteiger partial charge in [0.05, 0.1) is 23.5 Å². The van der Waals surface area contributed by atoms with E-state index >= 15 is 0 Å². The van der Waals surface area contributed by atoms with Crippen LogP contribution >= 0.6 is 46.4 Å². The molecule has 1 spiro atoms. The van der Waals surface area contributed by atoms with E-state index in [4.69, 9.17) is 65.4 Å². The van der Waals surface area contributed by atoms with Crippen LogP contribution in [-0.2, 0) is 18.9 Å². The van der Waals surface area contributed by atoms with Gasteiger partial charge in [0, 0.05) is 0 Å². The fourth-order valence-corrected chi connectivity index (χ4v) is 2.78. The van der Waals surface area contributed by atoms with Crippen LogP contribution in [0.1, 0.15) is 0 Å². The molecule has 4 nitrogen and oxygen atoms in total. The highest BCUT2D eigenvalue weighted by Crippen LogP contribution is 2.40. The van der Waals surface area contributed by atoms with Crippen LogP contribution in [0.2, 0.25) is 0 Å². The van der Waals surface area contributed by atoms with Gasteiger partial charge in [-0.25, -0.2) is 0 Å². The molecule has 2 aliphatic rings. The first-order valence-corrected chi connectivity index (χ1v) is 7.27. The summed E-state index contributed by atoms with van der Waals surface area (Å²) < 4.78 is 22.1. The summed E-state index contributed by atoms with van der Waals surface area (Å²) >= 11 is 23.0. The summed E-state index contributed by atoms with van der Waals surface area (Å²) in [7, 11) is 0. The van der Waals surface area contributed by atoms with E-state index in [0.717, 1.165) is 0 Å². The fraction of sp³-hybridized carbons (Fsp3) is 1.00. The zero-order valence-corrected chi connectivity index (χ0v) is 11.8. The maximum atomic E-state index is 5.76. The van der Waals surface area contributed by atoms with Crippen LogP contribution in [0.3, 0.4) is 0 Å². The van der Waals surface area contributed by atoms with E-state index in [9.17, 15) is 0 Å². The first kappa shape index (κ1) is 14.4. The van der Waals surface area contributed by atoms with E-state index in [1.54, 1.807) is 0 Å². The monoisotopic (exact) mass is 324 g/mol. The van der Waals surface area contributed by atoms with Crippen LogP contribution in [-0.4, -0.2) is 54.1 Å². The largest absolute Gasteiger partial charge is 0.414 e. The molecule has 2 aliphatic heterocycles. The van der Waals surface area contributed by atoms with Crippen molar-refractivity contribution < 1.29 is 18.9 Å². The molecule has 4 unspecified atom stereocenters. The summed E-state index contributed by atoms with van der Waals surface area (Å²) in [5, 5.41) is 0. The second kappa shape index (κ2) is 5.97. The molecule has 8 heteroatoms. The zero-order valence-electron chi connectivity index (χ0n) is 8.78. The molecule has 0 aromatic rings. The lowest BCUT2D eigenvalue weighted by molar-refractivity contribution is -0.436. The quantitative estimate of drug-likeness (QED) is 0.742. The Morgan fingerprint density at radius 3 is 1.00 bits per heavy atom. The SMILES string of the molecule is ClCC1OC2(OC1CCl)OC(CCl)C(CCl)O2. The van der Waals surface area contributed by atoms with Crippen molar-refractivity contribution in [3.63, 3.8) is 0 Å². The van der Waals surface area contributed by atoms with Gasteiger partial charge < -0.3 is 0 Å². The van der Waals surface area contributed by atoms with Crippen molar-refractivity contribution in [1.82, 2.24) is 0 Å². The van der Waals surface area contributed by atoms with E-state index in [-0.39, 0.29) is 47.9 Å². The first-order chi connectivity index (χ1) is 8.18. The maximum Gasteiger partial charge on any atom is 0.414 e. The zero-order chi connectivity index (χ0) is 12.5. The Morgan fingerprint density at radius 1 is 0.588 bits per heavy atom. The lowest BCUT2D eigenvalue weighted by Crippen LogP contribution is -2.33.